The van der Waals surface area contributed by atoms with Crippen molar-refractivity contribution in [2.75, 3.05) is 0 Å². The Kier molecular flexibility index (Phi) is 3.24. The zero-order valence-corrected chi connectivity index (χ0v) is 12.7. The molecular formula is C17H11N3O2S. The Bertz CT molecular complexity index is 957. The molecule has 2 heterocycles. The first-order valence-corrected chi connectivity index (χ1v) is 7.80. The maximum absolute atomic E-state index is 11.6. The Balaban J connectivity index is 1.67. The van der Waals surface area contributed by atoms with Crippen molar-refractivity contribution in [3.05, 3.63) is 65.2 Å². The van der Waals surface area contributed by atoms with Crippen LogP contribution in [-0.2, 0) is 4.79 Å². The second kappa shape index (κ2) is 5.40. The van der Waals surface area contributed by atoms with Crippen LogP contribution in [0.4, 0.5) is 4.79 Å². The van der Waals surface area contributed by atoms with E-state index in [1.165, 1.54) is 0 Å². The van der Waals surface area contributed by atoms with Crippen molar-refractivity contribution in [1.29, 1.82) is 0 Å². The predicted octanol–water partition coefficient (Wildman–Crippen LogP) is 3.35. The van der Waals surface area contributed by atoms with Gasteiger partial charge in [-0.05, 0) is 41.6 Å². The molecule has 4 rings (SSSR count). The number of amides is 2. The van der Waals surface area contributed by atoms with Gasteiger partial charge < -0.3 is 0 Å². The largest absolute Gasteiger partial charge is 0.290 e. The van der Waals surface area contributed by atoms with E-state index < -0.39 is 0 Å². The second-order valence-electron chi connectivity index (χ2n) is 5.06. The average Bonchev–Trinajstić information content (AvgIpc) is 3.12. The molecule has 1 aliphatic rings. The van der Waals surface area contributed by atoms with Crippen LogP contribution in [-0.4, -0.2) is 20.9 Å². The van der Waals surface area contributed by atoms with E-state index >= 15 is 0 Å². The minimum Gasteiger partial charge on any atom is -0.282 e. The van der Waals surface area contributed by atoms with E-state index in [2.05, 4.69) is 10.4 Å². The molecule has 1 N–H and O–H groups in total. The molecular weight excluding hydrogens is 310 g/mol. The van der Waals surface area contributed by atoms with Crippen molar-refractivity contribution in [1.82, 2.24) is 15.1 Å². The van der Waals surface area contributed by atoms with Crippen molar-refractivity contribution >= 4 is 39.9 Å². The summed E-state index contributed by atoms with van der Waals surface area (Å²) in [5, 5.41) is 7.40. The maximum atomic E-state index is 11.6. The number of carbonyl (C=O) groups excluding carboxylic acids is 2. The van der Waals surface area contributed by atoms with Gasteiger partial charge in [0.2, 0.25) is 0 Å². The van der Waals surface area contributed by atoms with Crippen LogP contribution in [0.1, 0.15) is 5.56 Å². The summed E-state index contributed by atoms with van der Waals surface area (Å²) >= 11 is 0.916. The summed E-state index contributed by atoms with van der Waals surface area (Å²) in [5.74, 6) is -0.345. The Morgan fingerprint density at radius 2 is 1.83 bits per heavy atom. The number of hydrogen-bond acceptors (Lipinski definition) is 4. The van der Waals surface area contributed by atoms with Crippen molar-refractivity contribution in [2.45, 2.75) is 0 Å². The molecule has 23 heavy (non-hydrogen) atoms. The van der Waals surface area contributed by atoms with Gasteiger partial charge in [0.1, 0.15) is 0 Å². The van der Waals surface area contributed by atoms with Crippen LogP contribution in [0.15, 0.2) is 59.6 Å². The standard InChI is InChI=1S/C17H11N3O2S/c21-16-15(23-17(22)19-16)9-11-5-7-13(8-6-11)20-14-4-2-1-3-12(14)10-18-20/h1-10H,(H,19,21,22)/b15-9+. The highest BCUT2D eigenvalue weighted by atomic mass is 32.2. The zero-order valence-electron chi connectivity index (χ0n) is 11.9. The van der Waals surface area contributed by atoms with E-state index in [9.17, 15) is 9.59 Å². The van der Waals surface area contributed by atoms with Gasteiger partial charge in [0.25, 0.3) is 11.1 Å². The summed E-state index contributed by atoms with van der Waals surface area (Å²) in [6.45, 7) is 0. The lowest BCUT2D eigenvalue weighted by Crippen LogP contribution is -2.17. The summed E-state index contributed by atoms with van der Waals surface area (Å²) in [5.41, 5.74) is 2.83. The summed E-state index contributed by atoms with van der Waals surface area (Å²) in [6.07, 6.45) is 3.53. The van der Waals surface area contributed by atoms with Crippen LogP contribution in [0, 0.1) is 0 Å². The van der Waals surface area contributed by atoms with Gasteiger partial charge in [-0.1, -0.05) is 30.3 Å². The fraction of sp³-hybridized carbons (Fsp3) is 0. The summed E-state index contributed by atoms with van der Waals surface area (Å²) in [7, 11) is 0. The third-order valence-electron chi connectivity index (χ3n) is 3.55. The van der Waals surface area contributed by atoms with Gasteiger partial charge >= 0.3 is 0 Å². The highest BCUT2D eigenvalue weighted by Gasteiger charge is 2.24. The molecule has 2 aromatic carbocycles. The molecule has 5 nitrogen and oxygen atoms in total. The number of rotatable bonds is 2. The summed E-state index contributed by atoms with van der Waals surface area (Å²) < 4.78 is 1.87. The average molecular weight is 321 g/mol. The molecule has 0 aliphatic carbocycles. The lowest BCUT2D eigenvalue weighted by Gasteiger charge is -2.04. The Morgan fingerprint density at radius 3 is 2.57 bits per heavy atom. The zero-order chi connectivity index (χ0) is 15.8. The first-order valence-electron chi connectivity index (χ1n) is 6.99. The Labute approximate surface area is 136 Å². The molecule has 0 atom stereocenters. The quantitative estimate of drug-likeness (QED) is 0.735. The first kappa shape index (κ1) is 13.8. The van der Waals surface area contributed by atoms with Crippen molar-refractivity contribution in [3.8, 4) is 5.69 Å². The molecule has 1 fully saturated rings. The van der Waals surface area contributed by atoms with E-state index in [-0.39, 0.29) is 11.1 Å². The maximum Gasteiger partial charge on any atom is 0.290 e. The van der Waals surface area contributed by atoms with Gasteiger partial charge in [-0.25, -0.2) is 4.68 Å². The number of nitrogens with one attached hydrogen (secondary N) is 1. The van der Waals surface area contributed by atoms with Gasteiger partial charge in [-0.15, -0.1) is 0 Å². The molecule has 0 saturated carbocycles. The Hall–Kier alpha value is -2.86. The van der Waals surface area contributed by atoms with E-state index in [0.717, 1.165) is 33.9 Å². The normalized spacial score (nSPS) is 16.3. The molecule has 0 spiro atoms. The van der Waals surface area contributed by atoms with Crippen molar-refractivity contribution in [3.63, 3.8) is 0 Å². The van der Waals surface area contributed by atoms with Crippen LogP contribution in [0.3, 0.4) is 0 Å². The number of thioether (sulfide) groups is 1. The number of benzene rings is 2. The van der Waals surface area contributed by atoms with Gasteiger partial charge in [0.05, 0.1) is 22.3 Å². The van der Waals surface area contributed by atoms with Crippen LogP contribution >= 0.6 is 11.8 Å². The van der Waals surface area contributed by atoms with Crippen LogP contribution in [0.2, 0.25) is 0 Å². The molecule has 6 heteroatoms. The monoisotopic (exact) mass is 321 g/mol. The summed E-state index contributed by atoms with van der Waals surface area (Å²) in [6, 6.07) is 15.7. The lowest BCUT2D eigenvalue weighted by atomic mass is 10.2. The second-order valence-corrected chi connectivity index (χ2v) is 6.07. The lowest BCUT2D eigenvalue weighted by molar-refractivity contribution is -0.115. The van der Waals surface area contributed by atoms with E-state index in [0.29, 0.717) is 4.91 Å². The van der Waals surface area contributed by atoms with Gasteiger partial charge in [0, 0.05) is 5.39 Å². The molecule has 112 valence electrons. The third-order valence-corrected chi connectivity index (χ3v) is 4.37. The highest BCUT2D eigenvalue weighted by molar-refractivity contribution is 8.18. The Morgan fingerprint density at radius 1 is 1.04 bits per heavy atom. The predicted molar refractivity (Wildman–Crippen MR) is 90.2 cm³/mol. The van der Waals surface area contributed by atoms with Crippen LogP contribution in [0.5, 0.6) is 0 Å². The van der Waals surface area contributed by atoms with E-state index in [1.54, 1.807) is 6.08 Å². The molecule has 0 bridgehead atoms. The van der Waals surface area contributed by atoms with Gasteiger partial charge in [0.15, 0.2) is 0 Å². The highest BCUT2D eigenvalue weighted by Crippen LogP contribution is 2.26. The molecule has 0 radical (unpaired) electrons. The first-order chi connectivity index (χ1) is 11.2. The van der Waals surface area contributed by atoms with Crippen molar-refractivity contribution in [2.24, 2.45) is 0 Å². The molecule has 2 amide bonds. The number of fused-ring (bicyclic) bond motifs is 1. The van der Waals surface area contributed by atoms with Gasteiger partial charge in [-0.3, -0.25) is 14.9 Å². The molecule has 3 aromatic rings. The number of imide groups is 1. The molecule has 1 saturated heterocycles. The smallest absolute Gasteiger partial charge is 0.282 e. The molecule has 0 unspecified atom stereocenters. The number of nitrogens with zero attached hydrogens (tertiary/aromatic N) is 2. The SMILES string of the molecule is O=C1NC(=O)/C(=C\c2ccc(-n3ncc4ccccc43)cc2)S1. The fourth-order valence-electron chi connectivity index (χ4n) is 2.46. The minimum atomic E-state index is -0.345. The number of aromatic nitrogens is 2. The van der Waals surface area contributed by atoms with Crippen LogP contribution in [0.25, 0.3) is 22.7 Å². The van der Waals surface area contributed by atoms with Crippen molar-refractivity contribution < 1.29 is 9.59 Å². The third kappa shape index (κ3) is 2.53. The topological polar surface area (TPSA) is 64.0 Å². The number of carbonyl (C=O) groups is 2. The van der Waals surface area contributed by atoms with E-state index in [4.69, 9.17) is 0 Å². The van der Waals surface area contributed by atoms with Gasteiger partial charge in [-0.2, -0.15) is 5.10 Å². The minimum absolute atomic E-state index is 0.333. The van der Waals surface area contributed by atoms with Crippen LogP contribution < -0.4 is 5.32 Å². The fourth-order valence-corrected chi connectivity index (χ4v) is 3.14. The summed E-state index contributed by atoms with van der Waals surface area (Å²) in [4.78, 5) is 23.1. The molecule has 1 aromatic heterocycles. The number of hydrogen-bond donors (Lipinski definition) is 1. The number of para-hydroxylation sites is 1. The van der Waals surface area contributed by atoms with E-state index in [1.807, 2.05) is 59.4 Å². The molecule has 1 aliphatic heterocycles.